The van der Waals surface area contributed by atoms with Crippen LogP contribution in [0.15, 0.2) is 76.2 Å². The minimum absolute atomic E-state index is 0.220. The molecule has 4 aromatic rings. The SMILES string of the molecule is O=C(Cc1cccc2ccccc12)NN=Cc1ccc(-c2cc(Cl)c(Cl)cc2Cl)o1. The number of hydrazone groups is 1. The number of furan rings is 1. The fourth-order valence-corrected chi connectivity index (χ4v) is 3.75. The van der Waals surface area contributed by atoms with E-state index >= 15 is 0 Å². The molecule has 1 heterocycles. The highest BCUT2D eigenvalue weighted by atomic mass is 35.5. The van der Waals surface area contributed by atoms with Crippen molar-refractivity contribution < 1.29 is 9.21 Å². The number of carbonyl (C=O) groups is 1. The summed E-state index contributed by atoms with van der Waals surface area (Å²) in [6.07, 6.45) is 1.65. The molecule has 0 saturated heterocycles. The second kappa shape index (κ2) is 8.92. The summed E-state index contributed by atoms with van der Waals surface area (Å²) in [7, 11) is 0. The first-order valence-corrected chi connectivity index (χ1v) is 10.2. The van der Waals surface area contributed by atoms with Gasteiger partial charge in [0.25, 0.3) is 0 Å². The van der Waals surface area contributed by atoms with E-state index in [4.69, 9.17) is 39.2 Å². The fraction of sp³-hybridized carbons (Fsp3) is 0.0435. The van der Waals surface area contributed by atoms with Crippen molar-refractivity contribution in [3.05, 3.63) is 93.1 Å². The first-order valence-electron chi connectivity index (χ1n) is 9.04. The van der Waals surface area contributed by atoms with Gasteiger partial charge in [0.1, 0.15) is 11.5 Å². The lowest BCUT2D eigenvalue weighted by Crippen LogP contribution is -2.19. The van der Waals surface area contributed by atoms with Crippen molar-refractivity contribution in [3.8, 4) is 11.3 Å². The lowest BCUT2D eigenvalue weighted by atomic mass is 10.0. The van der Waals surface area contributed by atoms with Gasteiger partial charge < -0.3 is 4.42 Å². The molecule has 0 unspecified atom stereocenters. The number of benzene rings is 3. The van der Waals surface area contributed by atoms with Gasteiger partial charge >= 0.3 is 0 Å². The third-order valence-corrected chi connectivity index (χ3v) is 5.55. The molecule has 0 atom stereocenters. The van der Waals surface area contributed by atoms with Gasteiger partial charge in [-0.25, -0.2) is 5.43 Å². The number of hydrogen-bond acceptors (Lipinski definition) is 3. The Kier molecular flexibility index (Phi) is 6.09. The Morgan fingerprint density at radius 1 is 0.933 bits per heavy atom. The number of nitrogens with zero attached hydrogens (tertiary/aromatic N) is 1. The number of rotatable bonds is 5. The van der Waals surface area contributed by atoms with Gasteiger partial charge in [-0.1, -0.05) is 77.3 Å². The number of fused-ring (bicyclic) bond motifs is 1. The zero-order valence-electron chi connectivity index (χ0n) is 15.5. The molecule has 0 fully saturated rings. The predicted molar refractivity (Wildman–Crippen MR) is 123 cm³/mol. The maximum Gasteiger partial charge on any atom is 0.244 e. The van der Waals surface area contributed by atoms with E-state index in [1.54, 1.807) is 24.3 Å². The zero-order valence-corrected chi connectivity index (χ0v) is 17.8. The molecule has 7 heteroatoms. The van der Waals surface area contributed by atoms with E-state index < -0.39 is 0 Å². The van der Waals surface area contributed by atoms with Crippen molar-refractivity contribution in [1.82, 2.24) is 5.43 Å². The summed E-state index contributed by atoms with van der Waals surface area (Å²) in [5, 5.41) is 7.29. The Morgan fingerprint density at radius 2 is 1.70 bits per heavy atom. The van der Waals surface area contributed by atoms with Crippen molar-refractivity contribution in [2.45, 2.75) is 6.42 Å². The lowest BCUT2D eigenvalue weighted by Gasteiger charge is -2.05. The maximum atomic E-state index is 12.3. The molecule has 0 bridgehead atoms. The van der Waals surface area contributed by atoms with Crippen molar-refractivity contribution in [2.24, 2.45) is 5.10 Å². The van der Waals surface area contributed by atoms with Crippen LogP contribution in [0.3, 0.4) is 0 Å². The fourth-order valence-electron chi connectivity index (χ4n) is 3.11. The molecule has 1 aromatic heterocycles. The second-order valence-electron chi connectivity index (χ2n) is 6.56. The van der Waals surface area contributed by atoms with Crippen LogP contribution in [0.5, 0.6) is 0 Å². The highest BCUT2D eigenvalue weighted by Gasteiger charge is 2.12. The molecule has 0 aliphatic heterocycles. The summed E-state index contributed by atoms with van der Waals surface area (Å²) in [5.41, 5.74) is 4.08. The van der Waals surface area contributed by atoms with E-state index in [-0.39, 0.29) is 12.3 Å². The summed E-state index contributed by atoms with van der Waals surface area (Å²) in [6, 6.07) is 20.5. The van der Waals surface area contributed by atoms with Crippen molar-refractivity contribution in [3.63, 3.8) is 0 Å². The van der Waals surface area contributed by atoms with Gasteiger partial charge in [0.05, 0.1) is 27.7 Å². The molecule has 0 radical (unpaired) electrons. The zero-order chi connectivity index (χ0) is 21.1. The molecule has 0 saturated carbocycles. The molecule has 4 nitrogen and oxygen atoms in total. The Labute approximate surface area is 188 Å². The highest BCUT2D eigenvalue weighted by Crippen LogP contribution is 2.35. The van der Waals surface area contributed by atoms with E-state index in [0.717, 1.165) is 16.3 Å². The standard InChI is InChI=1S/C23H15Cl3N2O2/c24-19-12-21(26)20(25)11-18(19)22-9-8-16(30-22)13-27-28-23(29)10-15-6-3-5-14-4-1-2-7-17(14)15/h1-9,11-13H,10H2,(H,28,29). The van der Waals surface area contributed by atoms with Crippen LogP contribution in [0.2, 0.25) is 15.1 Å². The summed E-state index contributed by atoms with van der Waals surface area (Å²) >= 11 is 18.2. The van der Waals surface area contributed by atoms with Crippen LogP contribution in [0.1, 0.15) is 11.3 Å². The normalized spacial score (nSPS) is 11.3. The Bertz CT molecular complexity index is 1260. The van der Waals surface area contributed by atoms with Crippen LogP contribution in [0, 0.1) is 0 Å². The molecule has 30 heavy (non-hydrogen) atoms. The maximum absolute atomic E-state index is 12.3. The van der Waals surface area contributed by atoms with Gasteiger partial charge in [-0.15, -0.1) is 0 Å². The van der Waals surface area contributed by atoms with E-state index in [1.165, 1.54) is 6.21 Å². The summed E-state index contributed by atoms with van der Waals surface area (Å²) in [6.45, 7) is 0. The van der Waals surface area contributed by atoms with E-state index in [0.29, 0.717) is 32.2 Å². The van der Waals surface area contributed by atoms with E-state index in [9.17, 15) is 4.79 Å². The quantitative estimate of drug-likeness (QED) is 0.205. The van der Waals surface area contributed by atoms with E-state index in [2.05, 4.69) is 10.5 Å². The van der Waals surface area contributed by atoms with Crippen LogP contribution in [0.4, 0.5) is 0 Å². The molecule has 4 rings (SSSR count). The van der Waals surface area contributed by atoms with Gasteiger partial charge in [-0.3, -0.25) is 4.79 Å². The average molecular weight is 458 g/mol. The Morgan fingerprint density at radius 3 is 2.57 bits per heavy atom. The summed E-state index contributed by atoms with van der Waals surface area (Å²) < 4.78 is 5.72. The lowest BCUT2D eigenvalue weighted by molar-refractivity contribution is -0.120. The largest absolute Gasteiger partial charge is 0.455 e. The molecule has 0 spiro atoms. The second-order valence-corrected chi connectivity index (χ2v) is 7.78. The van der Waals surface area contributed by atoms with Crippen LogP contribution in [0.25, 0.3) is 22.1 Å². The van der Waals surface area contributed by atoms with E-state index in [1.807, 2.05) is 42.5 Å². The third kappa shape index (κ3) is 4.51. The first kappa shape index (κ1) is 20.5. The molecule has 0 aliphatic rings. The Hall–Kier alpha value is -2.79. The van der Waals surface area contributed by atoms with Crippen LogP contribution < -0.4 is 5.43 Å². The van der Waals surface area contributed by atoms with Crippen molar-refractivity contribution in [2.75, 3.05) is 0 Å². The molecular formula is C23H15Cl3N2O2. The minimum Gasteiger partial charge on any atom is -0.455 e. The van der Waals surface area contributed by atoms with Gasteiger partial charge in [-0.2, -0.15) is 5.10 Å². The highest BCUT2D eigenvalue weighted by molar-refractivity contribution is 6.44. The molecule has 1 N–H and O–H groups in total. The number of carbonyl (C=O) groups excluding carboxylic acids is 1. The van der Waals surface area contributed by atoms with Crippen LogP contribution >= 0.6 is 34.8 Å². The minimum atomic E-state index is -0.220. The van der Waals surface area contributed by atoms with Crippen LogP contribution in [-0.2, 0) is 11.2 Å². The number of halogens is 3. The molecule has 3 aromatic carbocycles. The number of amides is 1. The molecule has 0 aliphatic carbocycles. The van der Waals surface area contributed by atoms with Gasteiger partial charge in [0, 0.05) is 5.56 Å². The topological polar surface area (TPSA) is 54.6 Å². The Balaban J connectivity index is 1.43. The van der Waals surface area contributed by atoms with Gasteiger partial charge in [0.2, 0.25) is 5.91 Å². The molecular weight excluding hydrogens is 443 g/mol. The predicted octanol–water partition coefficient (Wildman–Crippen LogP) is 6.75. The third-order valence-electron chi connectivity index (χ3n) is 4.51. The molecule has 1 amide bonds. The summed E-state index contributed by atoms with van der Waals surface area (Å²) in [5.74, 6) is 0.751. The van der Waals surface area contributed by atoms with Crippen molar-refractivity contribution in [1.29, 1.82) is 0 Å². The van der Waals surface area contributed by atoms with Gasteiger partial charge in [-0.05, 0) is 40.6 Å². The first-order chi connectivity index (χ1) is 14.5. The summed E-state index contributed by atoms with van der Waals surface area (Å²) in [4.78, 5) is 12.3. The number of nitrogens with one attached hydrogen (secondary N) is 1. The van der Waals surface area contributed by atoms with Crippen molar-refractivity contribution >= 4 is 57.7 Å². The van der Waals surface area contributed by atoms with Crippen LogP contribution in [-0.4, -0.2) is 12.1 Å². The molecule has 150 valence electrons. The van der Waals surface area contributed by atoms with Gasteiger partial charge in [0.15, 0.2) is 0 Å². The monoisotopic (exact) mass is 456 g/mol. The smallest absolute Gasteiger partial charge is 0.244 e. The average Bonchev–Trinajstić information content (AvgIpc) is 3.19. The number of hydrogen-bond donors (Lipinski definition) is 1.